The molecule has 0 unspecified atom stereocenters. The Bertz CT molecular complexity index is 341. The summed E-state index contributed by atoms with van der Waals surface area (Å²) in [5.41, 5.74) is 5.28. The lowest BCUT2D eigenvalue weighted by atomic mass is 10.0. The predicted molar refractivity (Wildman–Crippen MR) is 111 cm³/mol. The second-order valence-electron chi connectivity index (χ2n) is 7.25. The van der Waals surface area contributed by atoms with Crippen LogP contribution in [0.1, 0.15) is 117 Å². The molecule has 0 aromatic rings. The highest BCUT2D eigenvalue weighted by molar-refractivity contribution is 5.84. The zero-order valence-electron chi connectivity index (χ0n) is 17.4. The van der Waals surface area contributed by atoms with E-state index in [1.165, 1.54) is 96.8 Å². The highest BCUT2D eigenvalue weighted by Gasteiger charge is 1.96. The van der Waals surface area contributed by atoms with Crippen molar-refractivity contribution in [1.82, 2.24) is 0 Å². The highest BCUT2D eigenvalue weighted by atomic mass is 16.4. The minimum Gasteiger partial charge on any atom is -0.478 e. The van der Waals surface area contributed by atoms with Crippen LogP contribution in [0, 0.1) is 0 Å². The third-order valence-corrected chi connectivity index (χ3v) is 4.39. The smallest absolute Gasteiger partial charge is 0.330 e. The van der Waals surface area contributed by atoms with Crippen LogP contribution in [-0.4, -0.2) is 17.0 Å². The van der Waals surface area contributed by atoms with Gasteiger partial charge in [-0.2, -0.15) is 0 Å². The summed E-state index contributed by atoms with van der Waals surface area (Å²) >= 11 is 0. The van der Waals surface area contributed by atoms with Crippen LogP contribution in [-0.2, 0) is 9.59 Å². The monoisotopic (exact) mass is 369 g/mol. The van der Waals surface area contributed by atoms with Gasteiger partial charge < -0.3 is 10.8 Å². The number of carboxylic acids is 1. The summed E-state index contributed by atoms with van der Waals surface area (Å²) in [6.07, 6.45) is 20.9. The molecule has 0 atom stereocenters. The highest BCUT2D eigenvalue weighted by Crippen LogP contribution is 2.13. The van der Waals surface area contributed by atoms with Crippen LogP contribution in [0.4, 0.5) is 0 Å². The van der Waals surface area contributed by atoms with E-state index in [4.69, 9.17) is 10.8 Å². The van der Waals surface area contributed by atoms with Crippen molar-refractivity contribution in [2.24, 2.45) is 5.73 Å². The molecule has 0 aliphatic rings. The maximum Gasteiger partial charge on any atom is 0.330 e. The van der Waals surface area contributed by atoms with Gasteiger partial charge in [-0.05, 0) is 13.3 Å². The first-order chi connectivity index (χ1) is 12.4. The summed E-state index contributed by atoms with van der Waals surface area (Å²) in [5, 5.41) is 7.89. The van der Waals surface area contributed by atoms with Crippen molar-refractivity contribution in [3.05, 3.63) is 12.2 Å². The molecular formula is C22H43NO3. The molecule has 0 spiro atoms. The molecule has 0 bridgehead atoms. The average Bonchev–Trinajstić information content (AvgIpc) is 2.58. The standard InChI is InChI=1S/C18H37NO.C4H6O2/c1-2-3-4-5-6-7-8-9-10-11-12-13-14-15-16-17-18(19)20;1-3(2)4(5)6/h2-17H2,1H3,(H2,19,20);1H2,2H3,(H,5,6). The molecular weight excluding hydrogens is 326 g/mol. The predicted octanol–water partition coefficient (Wildman–Crippen LogP) is 6.38. The van der Waals surface area contributed by atoms with Gasteiger partial charge in [-0.3, -0.25) is 4.79 Å². The zero-order valence-corrected chi connectivity index (χ0v) is 17.4. The van der Waals surface area contributed by atoms with E-state index in [0.717, 1.165) is 6.42 Å². The van der Waals surface area contributed by atoms with E-state index >= 15 is 0 Å². The van der Waals surface area contributed by atoms with Gasteiger partial charge in [0.1, 0.15) is 0 Å². The lowest BCUT2D eigenvalue weighted by Crippen LogP contribution is -2.09. The van der Waals surface area contributed by atoms with Crippen molar-refractivity contribution >= 4 is 11.9 Å². The third-order valence-electron chi connectivity index (χ3n) is 4.39. The largest absolute Gasteiger partial charge is 0.478 e. The van der Waals surface area contributed by atoms with Crippen LogP contribution < -0.4 is 5.73 Å². The van der Waals surface area contributed by atoms with Crippen LogP contribution in [0.15, 0.2) is 12.2 Å². The Labute approximate surface area is 161 Å². The fourth-order valence-electron chi connectivity index (χ4n) is 2.67. The molecule has 0 radical (unpaired) electrons. The fourth-order valence-corrected chi connectivity index (χ4v) is 2.67. The maximum atomic E-state index is 10.6. The van der Waals surface area contributed by atoms with Crippen molar-refractivity contribution in [3.8, 4) is 0 Å². The zero-order chi connectivity index (χ0) is 20.0. The second kappa shape index (κ2) is 21.7. The number of carbonyl (C=O) groups excluding carboxylic acids is 1. The van der Waals surface area contributed by atoms with Gasteiger partial charge in [-0.15, -0.1) is 0 Å². The molecule has 0 aromatic heterocycles. The molecule has 0 fully saturated rings. The van der Waals surface area contributed by atoms with E-state index in [-0.39, 0.29) is 11.5 Å². The van der Waals surface area contributed by atoms with Crippen molar-refractivity contribution in [3.63, 3.8) is 0 Å². The van der Waals surface area contributed by atoms with Crippen LogP contribution in [0.25, 0.3) is 0 Å². The number of carbonyl (C=O) groups is 2. The molecule has 0 aliphatic heterocycles. The Balaban J connectivity index is 0. The molecule has 0 heterocycles. The molecule has 0 rings (SSSR count). The summed E-state index contributed by atoms with van der Waals surface area (Å²) in [4.78, 5) is 20.2. The van der Waals surface area contributed by atoms with E-state index in [2.05, 4.69) is 13.5 Å². The molecule has 0 aliphatic carbocycles. The van der Waals surface area contributed by atoms with Crippen molar-refractivity contribution < 1.29 is 14.7 Å². The van der Waals surface area contributed by atoms with Gasteiger partial charge in [0, 0.05) is 12.0 Å². The fraction of sp³-hybridized carbons (Fsp3) is 0.818. The van der Waals surface area contributed by atoms with Gasteiger partial charge in [0.05, 0.1) is 0 Å². The van der Waals surface area contributed by atoms with Crippen molar-refractivity contribution in [1.29, 1.82) is 0 Å². The molecule has 4 nitrogen and oxygen atoms in total. The molecule has 4 heteroatoms. The minimum atomic E-state index is -0.935. The lowest BCUT2D eigenvalue weighted by Gasteiger charge is -2.03. The summed E-state index contributed by atoms with van der Waals surface area (Å²) in [6, 6.07) is 0. The summed E-state index contributed by atoms with van der Waals surface area (Å²) in [7, 11) is 0. The van der Waals surface area contributed by atoms with Crippen molar-refractivity contribution in [2.45, 2.75) is 117 Å². The van der Waals surface area contributed by atoms with Crippen LogP contribution in [0.5, 0.6) is 0 Å². The first-order valence-corrected chi connectivity index (χ1v) is 10.6. The number of rotatable bonds is 17. The number of aliphatic carboxylic acids is 1. The molecule has 1 amide bonds. The Morgan fingerprint density at radius 1 is 0.731 bits per heavy atom. The average molecular weight is 370 g/mol. The van der Waals surface area contributed by atoms with Crippen molar-refractivity contribution in [2.75, 3.05) is 0 Å². The van der Waals surface area contributed by atoms with Gasteiger partial charge in [0.15, 0.2) is 0 Å². The number of hydrogen-bond acceptors (Lipinski definition) is 2. The van der Waals surface area contributed by atoms with Crippen LogP contribution in [0.2, 0.25) is 0 Å². The Morgan fingerprint density at radius 2 is 1.00 bits per heavy atom. The molecule has 154 valence electrons. The number of amides is 1. The summed E-state index contributed by atoms with van der Waals surface area (Å²) in [5.74, 6) is -1.09. The summed E-state index contributed by atoms with van der Waals surface area (Å²) < 4.78 is 0. The Kier molecular flexibility index (Phi) is 22.5. The normalized spacial score (nSPS) is 10.1. The van der Waals surface area contributed by atoms with Gasteiger partial charge in [-0.1, -0.05) is 103 Å². The Morgan fingerprint density at radius 3 is 1.23 bits per heavy atom. The first kappa shape index (κ1) is 26.9. The molecule has 0 saturated carbocycles. The van der Waals surface area contributed by atoms with E-state index in [1.54, 1.807) is 0 Å². The van der Waals surface area contributed by atoms with Crippen LogP contribution >= 0.6 is 0 Å². The number of carboxylic acid groups (broad SMARTS) is 1. The van der Waals surface area contributed by atoms with Gasteiger partial charge in [0.25, 0.3) is 0 Å². The third kappa shape index (κ3) is 27.5. The van der Waals surface area contributed by atoms with E-state index in [9.17, 15) is 9.59 Å². The molecule has 0 saturated heterocycles. The van der Waals surface area contributed by atoms with Crippen LogP contribution in [0.3, 0.4) is 0 Å². The van der Waals surface area contributed by atoms with Gasteiger partial charge in [-0.25, -0.2) is 4.79 Å². The topological polar surface area (TPSA) is 80.4 Å². The first-order valence-electron chi connectivity index (χ1n) is 10.6. The molecule has 3 N–H and O–H groups in total. The van der Waals surface area contributed by atoms with Gasteiger partial charge >= 0.3 is 5.97 Å². The summed E-state index contributed by atoms with van der Waals surface area (Å²) in [6.45, 7) is 6.88. The number of primary amides is 1. The molecule has 0 aromatic carbocycles. The quantitative estimate of drug-likeness (QED) is 0.230. The number of nitrogens with two attached hydrogens (primary N) is 1. The second-order valence-corrected chi connectivity index (χ2v) is 7.25. The van der Waals surface area contributed by atoms with E-state index < -0.39 is 5.97 Å². The molecule has 26 heavy (non-hydrogen) atoms. The minimum absolute atomic E-state index is 0.153. The Hall–Kier alpha value is -1.32. The SMILES string of the molecule is C=C(C)C(=O)O.CCCCCCCCCCCCCCCCCC(N)=O. The lowest BCUT2D eigenvalue weighted by molar-refractivity contribution is -0.132. The number of unbranched alkanes of at least 4 members (excludes halogenated alkanes) is 14. The number of hydrogen-bond donors (Lipinski definition) is 2. The maximum absolute atomic E-state index is 10.6. The van der Waals surface area contributed by atoms with E-state index in [1.807, 2.05) is 0 Å². The van der Waals surface area contributed by atoms with E-state index in [0.29, 0.717) is 6.42 Å². The van der Waals surface area contributed by atoms with Gasteiger partial charge in [0.2, 0.25) is 5.91 Å².